The normalized spacial score (nSPS) is 11.1. The number of hydrogen-bond donors (Lipinski definition) is 2. The molecule has 7 heteroatoms. The number of nitrogens with one attached hydrogen (secondary N) is 2. The first-order valence-electron chi connectivity index (χ1n) is 10.1. The molecule has 0 atom stereocenters. The zero-order valence-corrected chi connectivity index (χ0v) is 18.2. The maximum Gasteiger partial charge on any atom is 0.513 e. The number of benzene rings is 2. The van der Waals surface area contributed by atoms with E-state index in [0.29, 0.717) is 11.3 Å². The Morgan fingerprint density at radius 3 is 2.35 bits per heavy atom. The Morgan fingerprint density at radius 2 is 1.71 bits per heavy atom. The molecule has 164 valence electrons. The van der Waals surface area contributed by atoms with Crippen molar-refractivity contribution < 1.29 is 23.9 Å². The molecule has 0 heterocycles. The number of rotatable bonds is 8. The molecule has 7 nitrogen and oxygen atoms in total. The Kier molecular flexibility index (Phi) is 8.81. The first-order chi connectivity index (χ1) is 14.8. The monoisotopic (exact) mass is 424 g/mol. The zero-order chi connectivity index (χ0) is 22.8. The zero-order valence-electron chi connectivity index (χ0n) is 18.2. The third kappa shape index (κ3) is 7.62. The van der Waals surface area contributed by atoms with E-state index in [2.05, 4.69) is 10.6 Å². The molecule has 31 heavy (non-hydrogen) atoms. The van der Waals surface area contributed by atoms with Gasteiger partial charge >= 0.3 is 6.16 Å². The Hall–Kier alpha value is -3.61. The van der Waals surface area contributed by atoms with Crippen molar-refractivity contribution in [3.05, 3.63) is 71.3 Å². The molecule has 0 radical (unpaired) electrons. The van der Waals surface area contributed by atoms with Crippen LogP contribution in [0.1, 0.15) is 43.6 Å². The average Bonchev–Trinajstić information content (AvgIpc) is 2.73. The molecule has 0 saturated heterocycles. The topological polar surface area (TPSA) is 93.7 Å². The number of carbonyl (C=O) groups is 3. The number of carbonyl (C=O) groups excluding carboxylic acids is 3. The molecule has 0 bridgehead atoms. The smallest absolute Gasteiger partial charge is 0.434 e. The molecule has 0 saturated carbocycles. The number of allylic oxidation sites excluding steroid dienone is 1. The van der Waals surface area contributed by atoms with Crippen LogP contribution in [-0.2, 0) is 16.1 Å². The molecule has 0 aliphatic heterocycles. The molecule has 0 aromatic heterocycles. The highest BCUT2D eigenvalue weighted by Crippen LogP contribution is 2.17. The molecule has 0 spiro atoms. The van der Waals surface area contributed by atoms with Gasteiger partial charge < -0.3 is 20.1 Å². The summed E-state index contributed by atoms with van der Waals surface area (Å²) in [6.07, 6.45) is 0.789. The molecule has 2 aromatic carbocycles. The van der Waals surface area contributed by atoms with Crippen LogP contribution in [0.25, 0.3) is 0 Å². The van der Waals surface area contributed by atoms with Crippen LogP contribution in [0.15, 0.2) is 60.2 Å². The lowest BCUT2D eigenvalue weighted by atomic mass is 10.1. The van der Waals surface area contributed by atoms with E-state index in [4.69, 9.17) is 9.47 Å². The van der Waals surface area contributed by atoms with Crippen LogP contribution in [0.5, 0.6) is 5.75 Å². The van der Waals surface area contributed by atoms with Crippen LogP contribution in [0.2, 0.25) is 0 Å². The van der Waals surface area contributed by atoms with Crippen LogP contribution < -0.4 is 15.4 Å². The largest absolute Gasteiger partial charge is 0.513 e. The SMILES string of the molecule is CCOC(=O)Oc1ccc(C(=O)NCc2ccccc2NC(=O)/C=C(\C)C(C)C)cc1. The highest BCUT2D eigenvalue weighted by molar-refractivity contribution is 6.00. The first-order valence-corrected chi connectivity index (χ1v) is 10.1. The minimum absolute atomic E-state index is 0.206. The summed E-state index contributed by atoms with van der Waals surface area (Å²) in [5.41, 5.74) is 2.81. The van der Waals surface area contributed by atoms with E-state index in [1.165, 1.54) is 12.1 Å². The summed E-state index contributed by atoms with van der Waals surface area (Å²) in [6, 6.07) is 13.4. The minimum Gasteiger partial charge on any atom is -0.434 e. The second-order valence-electron chi connectivity index (χ2n) is 7.18. The van der Waals surface area contributed by atoms with Gasteiger partial charge in [0.2, 0.25) is 5.91 Å². The van der Waals surface area contributed by atoms with Crippen molar-refractivity contribution in [2.45, 2.75) is 34.2 Å². The van der Waals surface area contributed by atoms with Crippen molar-refractivity contribution in [2.24, 2.45) is 5.92 Å². The van der Waals surface area contributed by atoms with Gasteiger partial charge in [-0.25, -0.2) is 4.79 Å². The van der Waals surface area contributed by atoms with E-state index >= 15 is 0 Å². The molecule has 2 N–H and O–H groups in total. The van der Waals surface area contributed by atoms with E-state index in [-0.39, 0.29) is 36.6 Å². The molecule has 0 unspecified atom stereocenters. The van der Waals surface area contributed by atoms with Gasteiger partial charge in [-0.05, 0) is 55.7 Å². The minimum atomic E-state index is -0.795. The molecule has 0 aliphatic rings. The van der Waals surface area contributed by atoms with Gasteiger partial charge in [-0.3, -0.25) is 9.59 Å². The molecule has 0 fully saturated rings. The van der Waals surface area contributed by atoms with Gasteiger partial charge in [0.05, 0.1) is 6.61 Å². The van der Waals surface area contributed by atoms with Crippen LogP contribution in [0, 0.1) is 5.92 Å². The molecular weight excluding hydrogens is 396 g/mol. The van der Waals surface area contributed by atoms with E-state index in [9.17, 15) is 14.4 Å². The van der Waals surface area contributed by atoms with Gasteiger partial charge in [0, 0.05) is 23.9 Å². The van der Waals surface area contributed by atoms with Crippen molar-refractivity contribution in [3.63, 3.8) is 0 Å². The predicted octanol–water partition coefficient (Wildman–Crippen LogP) is 4.69. The van der Waals surface area contributed by atoms with E-state index in [1.807, 2.05) is 39.0 Å². The summed E-state index contributed by atoms with van der Waals surface area (Å²) in [6.45, 7) is 8.11. The number of amides is 2. The third-order valence-electron chi connectivity index (χ3n) is 4.56. The fraction of sp³-hybridized carbons (Fsp3) is 0.292. The summed E-state index contributed by atoms with van der Waals surface area (Å²) < 4.78 is 9.68. The van der Waals surface area contributed by atoms with Crippen molar-refractivity contribution in [2.75, 3.05) is 11.9 Å². The fourth-order valence-corrected chi connectivity index (χ4v) is 2.53. The van der Waals surface area contributed by atoms with Crippen molar-refractivity contribution in [1.29, 1.82) is 0 Å². The van der Waals surface area contributed by atoms with Gasteiger partial charge in [-0.2, -0.15) is 0 Å². The molecular formula is C24H28N2O5. The summed E-state index contributed by atoms with van der Waals surface area (Å²) in [5, 5.41) is 5.70. The van der Waals surface area contributed by atoms with E-state index in [0.717, 1.165) is 11.1 Å². The van der Waals surface area contributed by atoms with Crippen molar-refractivity contribution in [3.8, 4) is 5.75 Å². The lowest BCUT2D eigenvalue weighted by molar-refractivity contribution is -0.112. The molecule has 2 amide bonds. The quantitative estimate of drug-likeness (QED) is 0.364. The Morgan fingerprint density at radius 1 is 1.03 bits per heavy atom. The number of ether oxygens (including phenoxy) is 2. The van der Waals surface area contributed by atoms with Crippen LogP contribution in [0.4, 0.5) is 10.5 Å². The lowest BCUT2D eigenvalue weighted by Gasteiger charge is -2.12. The Labute approximate surface area is 182 Å². The number of para-hydroxylation sites is 1. The van der Waals surface area contributed by atoms with Gasteiger partial charge in [-0.1, -0.05) is 37.6 Å². The second kappa shape index (κ2) is 11.5. The van der Waals surface area contributed by atoms with Crippen LogP contribution in [0.3, 0.4) is 0 Å². The average molecular weight is 424 g/mol. The molecule has 2 rings (SSSR count). The predicted molar refractivity (Wildman–Crippen MR) is 119 cm³/mol. The summed E-state index contributed by atoms with van der Waals surface area (Å²) in [5.74, 6) is 0.0729. The summed E-state index contributed by atoms with van der Waals surface area (Å²) in [7, 11) is 0. The Balaban J connectivity index is 1.98. The summed E-state index contributed by atoms with van der Waals surface area (Å²) in [4.78, 5) is 36.1. The van der Waals surface area contributed by atoms with E-state index < -0.39 is 6.16 Å². The van der Waals surface area contributed by atoms with Gasteiger partial charge in [0.1, 0.15) is 5.75 Å². The lowest BCUT2D eigenvalue weighted by Crippen LogP contribution is -2.23. The first kappa shape index (κ1) is 23.7. The second-order valence-corrected chi connectivity index (χ2v) is 7.18. The maximum absolute atomic E-state index is 12.5. The van der Waals surface area contributed by atoms with Gasteiger partial charge in [0.15, 0.2) is 0 Å². The maximum atomic E-state index is 12.5. The number of hydrogen-bond acceptors (Lipinski definition) is 5. The number of anilines is 1. The standard InChI is InChI=1S/C24H28N2O5/c1-5-30-24(29)31-20-12-10-18(11-13-20)23(28)25-15-19-8-6-7-9-21(19)26-22(27)14-17(4)16(2)3/h6-14,16H,5,15H2,1-4H3,(H,25,28)(H,26,27)/b17-14+. The van der Waals surface area contributed by atoms with Crippen LogP contribution in [-0.4, -0.2) is 24.6 Å². The summed E-state index contributed by atoms with van der Waals surface area (Å²) >= 11 is 0. The third-order valence-corrected chi connectivity index (χ3v) is 4.56. The molecule has 2 aromatic rings. The van der Waals surface area contributed by atoms with Gasteiger partial charge in [-0.15, -0.1) is 0 Å². The van der Waals surface area contributed by atoms with Crippen molar-refractivity contribution >= 4 is 23.7 Å². The van der Waals surface area contributed by atoms with Gasteiger partial charge in [0.25, 0.3) is 5.91 Å². The highest BCUT2D eigenvalue weighted by atomic mass is 16.7. The van der Waals surface area contributed by atoms with Crippen molar-refractivity contribution in [1.82, 2.24) is 5.32 Å². The fourth-order valence-electron chi connectivity index (χ4n) is 2.53. The molecule has 0 aliphatic carbocycles. The van der Waals surface area contributed by atoms with E-state index in [1.54, 1.807) is 31.2 Å². The Bertz CT molecular complexity index is 949. The highest BCUT2D eigenvalue weighted by Gasteiger charge is 2.11. The van der Waals surface area contributed by atoms with Crippen LogP contribution >= 0.6 is 0 Å².